The Morgan fingerprint density at radius 3 is 1.33 bits per heavy atom. The molecule has 13 heterocycles. The standard InChI is InChI=1S/C15H16NS.C15H20N.4C13H16N.C12H16NS.C11H14NS.C10H13N2S/c1-4-13-15-12(8-9-16(13)3)11-7-5-6-10(2)14(11)17-15;1-6-13-9-12(4)15-11(3)7-10(2)8-14(15)16(13)5;1-4-13-12-6-5-10(2)9-11(12)7-8-14(13)3;1-4-13-12-9-10(2)5-6-11(12)7-8-14(13)3;1-4-11-8-9-12-10(2)6-5-7-13(12)14(11)3;1-4-11-9-10(2)12-7-5-6-8-13(12)14(11)3;1-5-11-12-10(6-7-13(11)4)8(2)9(3)14-12;1-4-10-11-9(5-6-12(10)3)8(2)7-13-11;1-4-9-10-8(5-6-12(9)3)11-7(2)13-10/h5-9H,4H2,1-3H3;7-9H,6H2,1-5H3;4*5-9H,4H2,1-3H3;6-7H,5H2,1-4H3;5-7H,4H2,1-3H3;5-6H,4H2,1-3H3/q9*+1. The number of benzene rings is 6. The van der Waals surface area contributed by atoms with Crippen LogP contribution in [0.5, 0.6) is 0 Å². The minimum atomic E-state index is 1.06. The summed E-state index contributed by atoms with van der Waals surface area (Å²) in [5.41, 5.74) is 31.5. The maximum Gasteiger partial charge on any atom is 0.213 e. The van der Waals surface area contributed by atoms with Crippen molar-refractivity contribution in [3.63, 3.8) is 0 Å². The van der Waals surface area contributed by atoms with Crippen LogP contribution in [0.3, 0.4) is 0 Å². The Kier molecular flexibility index (Phi) is 34.0. The summed E-state index contributed by atoms with van der Waals surface area (Å²) in [6.45, 7) is 45.9. The number of aromatic nitrogens is 10. The third kappa shape index (κ3) is 22.2. The van der Waals surface area contributed by atoms with Crippen LogP contribution >= 0.6 is 45.3 Å². The average molecular weight is 1790 g/mol. The van der Waals surface area contributed by atoms with Crippen molar-refractivity contribution in [2.45, 2.75) is 203 Å². The van der Waals surface area contributed by atoms with E-state index < -0.39 is 0 Å². The lowest BCUT2D eigenvalue weighted by Crippen LogP contribution is -2.34. The van der Waals surface area contributed by atoms with E-state index in [0.29, 0.717) is 0 Å². The molecule has 0 aliphatic carbocycles. The SMILES string of the molecule is CCc1c2cc(C)ccc2cc[n+]1C.CCc1c2ccc(C)cc2cc[n+]1C.CCc1c2sc(C)c(C)c2cc[n+]1C.CCc1c2sc(C)nc2cc[n+]1C.CCc1c2sc3c(C)cccc3c2cc[n+]1C.CCc1c2scc(C)c2cc[n+]1C.CCc1cc(C)c2c(C)cc(C)cc2[n+]1C.CCc1cc(C)c2ccccc2[n+]1C.CCc1ccc2c(C)cccc2[n+]1C. The van der Waals surface area contributed by atoms with Gasteiger partial charge in [0, 0.05) is 183 Å². The molecule has 0 saturated carbocycles. The predicted molar refractivity (Wildman–Crippen MR) is 554 cm³/mol. The van der Waals surface area contributed by atoms with Crippen LogP contribution in [0.25, 0.3) is 105 Å². The first kappa shape index (κ1) is 98.6. The van der Waals surface area contributed by atoms with E-state index in [4.69, 9.17) is 0 Å². The van der Waals surface area contributed by atoms with Crippen molar-refractivity contribution in [1.29, 1.82) is 0 Å². The number of hydrogen-bond acceptors (Lipinski definition) is 5. The lowest BCUT2D eigenvalue weighted by atomic mass is 10.0. The Morgan fingerprint density at radius 1 is 0.264 bits per heavy atom. The van der Waals surface area contributed by atoms with Gasteiger partial charge in [-0.25, -0.2) is 32.4 Å². The minimum absolute atomic E-state index is 1.06. The van der Waals surface area contributed by atoms with E-state index in [1.807, 2.05) is 34.0 Å². The van der Waals surface area contributed by atoms with Crippen molar-refractivity contribution >= 4 is 150 Å². The van der Waals surface area contributed by atoms with Crippen molar-refractivity contribution in [3.8, 4) is 0 Å². The van der Waals surface area contributed by atoms with Gasteiger partial charge in [0.25, 0.3) is 0 Å². The Balaban J connectivity index is 0.000000141. The molecule has 0 aliphatic heterocycles. The number of rotatable bonds is 9. The number of thiazole rings is 1. The third-order valence-corrected chi connectivity index (χ3v) is 30.7. The lowest BCUT2D eigenvalue weighted by molar-refractivity contribution is -0.677. The first-order chi connectivity index (χ1) is 61.8. The van der Waals surface area contributed by atoms with E-state index in [2.05, 4.69) is 467 Å². The first-order valence-electron chi connectivity index (χ1n) is 46.4. The van der Waals surface area contributed by atoms with Gasteiger partial charge in [-0.2, -0.15) is 13.7 Å². The molecule has 0 spiro atoms. The number of fused-ring (bicyclic) bond motifs is 11. The maximum absolute atomic E-state index is 4.47. The highest BCUT2D eigenvalue weighted by atomic mass is 32.1. The van der Waals surface area contributed by atoms with E-state index >= 15 is 0 Å². The second kappa shape index (κ2) is 44.5. The molecule has 0 N–H and O–H groups in total. The summed E-state index contributed by atoms with van der Waals surface area (Å²) in [4.78, 5) is 5.91. The van der Waals surface area contributed by atoms with Gasteiger partial charge in [-0.1, -0.05) is 146 Å². The molecule has 6 aromatic carbocycles. The average Bonchev–Trinajstić information content (AvgIpc) is 1.58. The summed E-state index contributed by atoms with van der Waals surface area (Å²) in [5, 5.41) is 18.6. The van der Waals surface area contributed by atoms with Gasteiger partial charge in [0.1, 0.15) is 82.2 Å². The van der Waals surface area contributed by atoms with Gasteiger partial charge in [-0.15, -0.1) is 45.3 Å². The van der Waals surface area contributed by atoms with Crippen LogP contribution in [0.2, 0.25) is 0 Å². The smallest absolute Gasteiger partial charge is 0.213 e. The number of pyridine rings is 9. The van der Waals surface area contributed by atoms with Gasteiger partial charge >= 0.3 is 0 Å². The molecule has 13 aromatic heterocycles. The molecule has 129 heavy (non-hydrogen) atoms. The fraction of sp³-hybridized carbons (Fsp3) is 0.339. The minimum Gasteiger partial charge on any atom is -0.241 e. The van der Waals surface area contributed by atoms with Gasteiger partial charge in [0.15, 0.2) is 88.4 Å². The van der Waals surface area contributed by atoms with Crippen LogP contribution in [-0.2, 0) is 121 Å². The van der Waals surface area contributed by atoms with Crippen molar-refractivity contribution in [1.82, 2.24) is 4.98 Å². The Hall–Kier alpha value is -11.0. The van der Waals surface area contributed by atoms with Crippen molar-refractivity contribution < 1.29 is 41.1 Å². The molecule has 0 atom stereocenters. The fourth-order valence-corrected chi connectivity index (χ4v) is 23.3. The first-order valence-corrected chi connectivity index (χ1v) is 49.8. The second-order valence-corrected chi connectivity index (χ2v) is 39.0. The summed E-state index contributed by atoms with van der Waals surface area (Å²) in [6, 6.07) is 61.6. The van der Waals surface area contributed by atoms with Gasteiger partial charge in [-0.05, 0) is 168 Å². The second-order valence-electron chi connectivity index (χ2n) is 34.7. The topological polar surface area (TPSA) is 47.8 Å². The van der Waals surface area contributed by atoms with Gasteiger partial charge in [-0.3, -0.25) is 0 Å². The van der Waals surface area contributed by atoms with Crippen LogP contribution in [0.15, 0.2) is 212 Å². The third-order valence-electron chi connectivity index (χ3n) is 25.8. The van der Waals surface area contributed by atoms with Gasteiger partial charge in [0.2, 0.25) is 16.6 Å². The number of para-hydroxylation sites is 1. The van der Waals surface area contributed by atoms with E-state index in [1.54, 1.807) is 11.3 Å². The zero-order chi connectivity index (χ0) is 93.5. The summed E-state index contributed by atoms with van der Waals surface area (Å²) >= 11 is 7.50. The highest BCUT2D eigenvalue weighted by Gasteiger charge is 2.22. The molecule has 0 fully saturated rings. The van der Waals surface area contributed by atoms with Crippen LogP contribution in [0.4, 0.5) is 0 Å². The normalized spacial score (nSPS) is 11.0. The van der Waals surface area contributed by atoms with Gasteiger partial charge < -0.3 is 0 Å². The molecular formula is C115H143N10S4+9. The molecule has 668 valence electrons. The lowest BCUT2D eigenvalue weighted by Gasteiger charge is -2.08. The molecule has 0 saturated heterocycles. The van der Waals surface area contributed by atoms with Crippen molar-refractivity contribution in [2.75, 3.05) is 0 Å². The molecule has 10 nitrogen and oxygen atoms in total. The Morgan fingerprint density at radius 2 is 0.713 bits per heavy atom. The maximum atomic E-state index is 4.47. The Bertz CT molecular complexity index is 7200. The van der Waals surface area contributed by atoms with E-state index in [0.717, 1.165) is 68.3 Å². The molecule has 14 heteroatoms. The van der Waals surface area contributed by atoms with E-state index in [1.165, 1.54) is 211 Å². The molecule has 19 aromatic rings. The van der Waals surface area contributed by atoms with Crippen LogP contribution in [0, 0.1) is 83.1 Å². The number of aryl methyl sites for hydroxylation is 30. The summed E-state index contributed by atoms with van der Waals surface area (Å²) in [6.07, 6.45) is 22.6. The van der Waals surface area contributed by atoms with E-state index in [9.17, 15) is 0 Å². The van der Waals surface area contributed by atoms with Crippen LogP contribution < -0.4 is 41.1 Å². The molecule has 0 radical (unpaired) electrons. The zero-order valence-corrected chi connectivity index (χ0v) is 86.4. The highest BCUT2D eigenvalue weighted by molar-refractivity contribution is 7.26. The molecule has 19 rings (SSSR count). The fourth-order valence-electron chi connectivity index (χ4n) is 18.3. The largest absolute Gasteiger partial charge is 0.241 e. The molecular weight excluding hydrogens is 1650 g/mol. The number of thiophene rings is 3. The van der Waals surface area contributed by atoms with Crippen molar-refractivity contribution in [2.24, 2.45) is 63.4 Å². The zero-order valence-electron chi connectivity index (χ0n) is 83.2. The molecule has 0 bridgehead atoms. The summed E-state index contributed by atoms with van der Waals surface area (Å²) < 4.78 is 27.3. The summed E-state index contributed by atoms with van der Waals surface area (Å²) in [7, 11) is 19.1. The van der Waals surface area contributed by atoms with Gasteiger partial charge in [0.05, 0.1) is 15.9 Å². The highest BCUT2D eigenvalue weighted by Crippen LogP contribution is 2.37. The number of nitrogens with zero attached hydrogens (tertiary/aromatic N) is 10. The Labute approximate surface area is 786 Å². The quantitative estimate of drug-likeness (QED) is 0.133. The predicted octanol–water partition coefficient (Wildman–Crippen LogP) is 24.5. The van der Waals surface area contributed by atoms with E-state index in [-0.39, 0.29) is 0 Å². The van der Waals surface area contributed by atoms with Crippen molar-refractivity contribution in [3.05, 3.63) is 329 Å². The van der Waals surface area contributed by atoms with Crippen LogP contribution in [-0.4, -0.2) is 4.98 Å². The molecule has 0 amide bonds. The molecule has 0 unspecified atom stereocenters. The monoisotopic (exact) mass is 1790 g/mol. The molecule has 0 aliphatic rings. The number of hydrogen-bond donors (Lipinski definition) is 0. The summed E-state index contributed by atoms with van der Waals surface area (Å²) in [5.74, 6) is 0. The van der Waals surface area contributed by atoms with Crippen LogP contribution in [0.1, 0.15) is 179 Å².